The van der Waals surface area contributed by atoms with Crippen LogP contribution in [0.4, 0.5) is 5.69 Å². The Bertz CT molecular complexity index is 1270. The monoisotopic (exact) mass is 488 g/mol. The van der Waals surface area contributed by atoms with E-state index in [0.717, 1.165) is 16.8 Å². The van der Waals surface area contributed by atoms with E-state index in [9.17, 15) is 14.7 Å². The molecule has 36 heavy (non-hydrogen) atoms. The van der Waals surface area contributed by atoms with Gasteiger partial charge in [0.05, 0.1) is 31.0 Å². The standard InChI is InChI=1S/C29H32N2O5/c1-18(2)17-36-24-13-10-21(15-19(24)3)27(32)25-26(20-8-11-22(12-9-20)30(4)5)31(29(34)28(25)33)16-23-7-6-14-35-23/h6-15,18,26,32H,16-17H2,1-5H3/b27-25-. The van der Waals surface area contributed by atoms with Crippen LogP contribution in [0.2, 0.25) is 0 Å². The van der Waals surface area contributed by atoms with Crippen LogP contribution in [0, 0.1) is 12.8 Å². The maximum Gasteiger partial charge on any atom is 0.296 e. The summed E-state index contributed by atoms with van der Waals surface area (Å²) in [6.07, 6.45) is 1.53. The highest BCUT2D eigenvalue weighted by molar-refractivity contribution is 6.46. The SMILES string of the molecule is Cc1cc(/C(O)=C2/C(=O)C(=O)N(Cc3ccco3)C2c2ccc(N(C)C)cc2)ccc1OCC(C)C. The first kappa shape index (κ1) is 25.1. The van der Waals surface area contributed by atoms with Crippen LogP contribution in [0.3, 0.4) is 0 Å². The van der Waals surface area contributed by atoms with Crippen molar-refractivity contribution in [1.29, 1.82) is 0 Å². The summed E-state index contributed by atoms with van der Waals surface area (Å²) in [5.41, 5.74) is 3.04. The molecule has 1 unspecified atom stereocenters. The Morgan fingerprint density at radius 3 is 2.42 bits per heavy atom. The van der Waals surface area contributed by atoms with Gasteiger partial charge >= 0.3 is 0 Å². The Hall–Kier alpha value is -4.00. The van der Waals surface area contributed by atoms with Gasteiger partial charge in [-0.15, -0.1) is 0 Å². The van der Waals surface area contributed by atoms with Gasteiger partial charge in [0.25, 0.3) is 11.7 Å². The van der Waals surface area contributed by atoms with Gasteiger partial charge in [-0.2, -0.15) is 0 Å². The predicted octanol–water partition coefficient (Wildman–Crippen LogP) is 5.31. The summed E-state index contributed by atoms with van der Waals surface area (Å²) in [5, 5.41) is 11.4. The third-order valence-corrected chi connectivity index (χ3v) is 6.19. The van der Waals surface area contributed by atoms with E-state index in [1.54, 1.807) is 30.3 Å². The van der Waals surface area contributed by atoms with E-state index >= 15 is 0 Å². The molecule has 1 atom stereocenters. The van der Waals surface area contributed by atoms with Gasteiger partial charge in [0.1, 0.15) is 17.3 Å². The van der Waals surface area contributed by atoms with Gasteiger partial charge in [0.15, 0.2) is 0 Å². The number of aliphatic hydroxyl groups excluding tert-OH is 1. The number of aryl methyl sites for hydroxylation is 1. The van der Waals surface area contributed by atoms with Crippen molar-refractivity contribution in [2.45, 2.75) is 33.4 Å². The molecule has 188 valence electrons. The Balaban J connectivity index is 1.79. The third-order valence-electron chi connectivity index (χ3n) is 6.19. The zero-order valence-corrected chi connectivity index (χ0v) is 21.3. The van der Waals surface area contributed by atoms with Crippen LogP contribution in [-0.4, -0.2) is 42.4 Å². The number of nitrogens with zero attached hydrogens (tertiary/aromatic N) is 2. The summed E-state index contributed by atoms with van der Waals surface area (Å²) in [6.45, 7) is 6.71. The lowest BCUT2D eigenvalue weighted by Gasteiger charge is -2.25. The van der Waals surface area contributed by atoms with Gasteiger partial charge in [0, 0.05) is 25.3 Å². The molecule has 0 spiro atoms. The first-order valence-corrected chi connectivity index (χ1v) is 12.0. The van der Waals surface area contributed by atoms with Crippen molar-refractivity contribution in [3.8, 4) is 5.75 Å². The fourth-order valence-electron chi connectivity index (χ4n) is 4.29. The molecule has 1 aliphatic rings. The van der Waals surface area contributed by atoms with Gasteiger partial charge in [-0.05, 0) is 66.4 Å². The fraction of sp³-hybridized carbons (Fsp3) is 0.310. The molecule has 1 aromatic heterocycles. The summed E-state index contributed by atoms with van der Waals surface area (Å²) >= 11 is 0. The molecule has 4 rings (SSSR count). The number of likely N-dealkylation sites (tertiary alicyclic amines) is 1. The fourth-order valence-corrected chi connectivity index (χ4v) is 4.29. The van der Waals surface area contributed by atoms with E-state index in [2.05, 4.69) is 13.8 Å². The lowest BCUT2D eigenvalue weighted by atomic mass is 9.94. The zero-order chi connectivity index (χ0) is 26.0. The quantitative estimate of drug-likeness (QED) is 0.263. The highest BCUT2D eigenvalue weighted by Gasteiger charge is 2.46. The lowest BCUT2D eigenvalue weighted by Crippen LogP contribution is -2.29. The largest absolute Gasteiger partial charge is 0.507 e. The lowest BCUT2D eigenvalue weighted by molar-refractivity contribution is -0.140. The maximum atomic E-state index is 13.3. The number of ether oxygens (including phenoxy) is 1. The van der Waals surface area contributed by atoms with Crippen molar-refractivity contribution in [2.75, 3.05) is 25.6 Å². The van der Waals surface area contributed by atoms with Crippen LogP contribution < -0.4 is 9.64 Å². The van der Waals surface area contributed by atoms with E-state index < -0.39 is 17.7 Å². The summed E-state index contributed by atoms with van der Waals surface area (Å²) in [7, 11) is 3.88. The molecule has 2 aromatic carbocycles. The number of amides is 1. The van der Waals surface area contributed by atoms with E-state index in [4.69, 9.17) is 9.15 Å². The first-order valence-electron chi connectivity index (χ1n) is 12.0. The minimum Gasteiger partial charge on any atom is -0.507 e. The van der Waals surface area contributed by atoms with Gasteiger partial charge in [0.2, 0.25) is 0 Å². The summed E-state index contributed by atoms with van der Waals surface area (Å²) in [5.74, 6) is 0.0300. The number of Topliss-reactive ketones (excluding diaryl/α,β-unsaturated/α-hetero) is 1. The average Bonchev–Trinajstić information content (AvgIpc) is 3.45. The molecule has 1 fully saturated rings. The number of benzene rings is 2. The third kappa shape index (κ3) is 5.00. The topological polar surface area (TPSA) is 83.2 Å². The number of ketones is 1. The predicted molar refractivity (Wildman–Crippen MR) is 139 cm³/mol. The van der Waals surface area contributed by atoms with Gasteiger partial charge in [-0.1, -0.05) is 26.0 Å². The van der Waals surface area contributed by atoms with Crippen LogP contribution in [0.15, 0.2) is 70.9 Å². The highest BCUT2D eigenvalue weighted by Crippen LogP contribution is 2.41. The zero-order valence-electron chi connectivity index (χ0n) is 21.3. The molecule has 2 heterocycles. The molecule has 7 heteroatoms. The van der Waals surface area contributed by atoms with Crippen molar-refractivity contribution in [3.63, 3.8) is 0 Å². The molecule has 0 aliphatic carbocycles. The van der Waals surface area contributed by atoms with E-state index in [1.165, 1.54) is 11.2 Å². The molecule has 1 aliphatic heterocycles. The molecule has 3 aromatic rings. The molecule has 1 saturated heterocycles. The molecule has 0 radical (unpaired) electrons. The molecule has 1 N–H and O–H groups in total. The second-order valence-electron chi connectivity index (χ2n) is 9.68. The normalized spacial score (nSPS) is 17.2. The minimum absolute atomic E-state index is 0.0550. The summed E-state index contributed by atoms with van der Waals surface area (Å²) < 4.78 is 11.3. The number of hydrogen-bond donors (Lipinski definition) is 1. The Labute approximate surface area is 211 Å². The van der Waals surface area contributed by atoms with Crippen LogP contribution in [0.25, 0.3) is 5.76 Å². The average molecular weight is 489 g/mol. The van der Waals surface area contributed by atoms with Gasteiger partial charge in [-0.25, -0.2) is 0 Å². The van der Waals surface area contributed by atoms with Gasteiger partial charge < -0.3 is 24.1 Å². The second kappa shape index (κ2) is 10.3. The number of hydrogen-bond acceptors (Lipinski definition) is 6. The van der Waals surface area contributed by atoms with Gasteiger partial charge in [-0.3, -0.25) is 9.59 Å². The molecule has 0 saturated carbocycles. The number of carbonyl (C=O) groups excluding carboxylic acids is 2. The number of carbonyl (C=O) groups is 2. The molecule has 0 bridgehead atoms. The summed E-state index contributed by atoms with van der Waals surface area (Å²) in [4.78, 5) is 29.9. The van der Waals surface area contributed by atoms with E-state index in [0.29, 0.717) is 29.6 Å². The first-order chi connectivity index (χ1) is 17.2. The second-order valence-corrected chi connectivity index (χ2v) is 9.68. The molecular weight excluding hydrogens is 456 g/mol. The van der Waals surface area contributed by atoms with Crippen LogP contribution >= 0.6 is 0 Å². The molecule has 7 nitrogen and oxygen atoms in total. The molecule has 1 amide bonds. The Morgan fingerprint density at radius 2 is 1.83 bits per heavy atom. The maximum absolute atomic E-state index is 13.3. The summed E-state index contributed by atoms with van der Waals surface area (Å²) in [6, 6.07) is 15.6. The van der Waals surface area contributed by atoms with Crippen molar-refractivity contribution in [3.05, 3.63) is 88.9 Å². The number of furan rings is 1. The molecular formula is C29H32N2O5. The Morgan fingerprint density at radius 1 is 1.11 bits per heavy atom. The Kier molecular flexibility index (Phi) is 7.20. The smallest absolute Gasteiger partial charge is 0.296 e. The van der Waals surface area contributed by atoms with Crippen LogP contribution in [-0.2, 0) is 16.1 Å². The number of rotatable bonds is 8. The van der Waals surface area contributed by atoms with Crippen LogP contribution in [0.5, 0.6) is 5.75 Å². The minimum atomic E-state index is -0.761. The highest BCUT2D eigenvalue weighted by atomic mass is 16.5. The van der Waals surface area contributed by atoms with Crippen molar-refractivity contribution in [2.24, 2.45) is 5.92 Å². The number of anilines is 1. The van der Waals surface area contributed by atoms with Crippen molar-refractivity contribution < 1.29 is 23.8 Å². The van der Waals surface area contributed by atoms with Crippen molar-refractivity contribution >= 4 is 23.1 Å². The van der Waals surface area contributed by atoms with E-state index in [1.807, 2.05) is 50.2 Å². The number of aliphatic hydroxyl groups is 1. The van der Waals surface area contributed by atoms with Crippen LogP contribution in [0.1, 0.15) is 42.3 Å². The van der Waals surface area contributed by atoms with E-state index in [-0.39, 0.29) is 17.9 Å². The van der Waals surface area contributed by atoms with Crippen molar-refractivity contribution in [1.82, 2.24) is 4.90 Å².